The Bertz CT molecular complexity index is 988. The molecule has 162 valence electrons. The topological polar surface area (TPSA) is 100 Å². The summed E-state index contributed by atoms with van der Waals surface area (Å²) in [6, 6.07) is 5.33. The Hall–Kier alpha value is -3.15. The molecule has 1 aliphatic heterocycles. The lowest BCUT2D eigenvalue weighted by Crippen LogP contribution is -2.24. The molecule has 0 aliphatic carbocycles. The number of nitrogens with zero attached hydrogens (tertiary/aromatic N) is 4. The molecule has 0 saturated carbocycles. The van der Waals surface area contributed by atoms with Gasteiger partial charge in [0.25, 0.3) is 0 Å². The molecule has 31 heavy (non-hydrogen) atoms. The number of amides is 1. The Morgan fingerprint density at radius 1 is 1.39 bits per heavy atom. The molecule has 3 rings (SSSR count). The number of hydrogen-bond acceptors (Lipinski definition) is 7. The maximum absolute atomic E-state index is 12.4. The molecule has 0 bridgehead atoms. The van der Waals surface area contributed by atoms with Gasteiger partial charge in [0.05, 0.1) is 31.5 Å². The van der Waals surface area contributed by atoms with Gasteiger partial charge in [0.2, 0.25) is 5.91 Å². The molecule has 1 amide bonds. The van der Waals surface area contributed by atoms with Crippen LogP contribution in [0.15, 0.2) is 36.7 Å². The lowest BCUT2D eigenvalue weighted by Gasteiger charge is -2.21. The van der Waals surface area contributed by atoms with Crippen LogP contribution >= 0.6 is 11.6 Å². The van der Waals surface area contributed by atoms with E-state index in [0.717, 1.165) is 29.8 Å². The number of ether oxygens (including phenoxy) is 2. The van der Waals surface area contributed by atoms with E-state index < -0.39 is 0 Å². The molecular formula is C22H24ClN5O3. The van der Waals surface area contributed by atoms with Crippen molar-refractivity contribution < 1.29 is 14.3 Å². The molecule has 0 aromatic carbocycles. The molecule has 0 fully saturated rings. The van der Waals surface area contributed by atoms with Crippen molar-refractivity contribution in [2.75, 3.05) is 32.1 Å². The van der Waals surface area contributed by atoms with Gasteiger partial charge in [0.15, 0.2) is 6.19 Å². The number of pyridine rings is 2. The number of nitriles is 1. The Morgan fingerprint density at radius 2 is 2.23 bits per heavy atom. The first-order valence-corrected chi connectivity index (χ1v) is 10.3. The van der Waals surface area contributed by atoms with Gasteiger partial charge in [0, 0.05) is 25.9 Å². The van der Waals surface area contributed by atoms with Gasteiger partial charge in [-0.05, 0) is 30.5 Å². The first kappa shape index (κ1) is 22.5. The van der Waals surface area contributed by atoms with E-state index in [1.807, 2.05) is 19.1 Å². The van der Waals surface area contributed by atoms with Crippen LogP contribution in [0.4, 0.5) is 5.82 Å². The van der Waals surface area contributed by atoms with Crippen molar-refractivity contribution in [3.05, 3.63) is 52.9 Å². The molecular weight excluding hydrogens is 418 g/mol. The fraction of sp³-hybridized carbons (Fsp3) is 0.364. The van der Waals surface area contributed by atoms with E-state index in [2.05, 4.69) is 27.6 Å². The van der Waals surface area contributed by atoms with Crippen LogP contribution in [-0.4, -0.2) is 53.7 Å². The highest BCUT2D eigenvalue weighted by molar-refractivity contribution is 6.32. The molecule has 1 N–H and O–H groups in total. The van der Waals surface area contributed by atoms with Crippen LogP contribution in [0.2, 0.25) is 5.02 Å². The Morgan fingerprint density at radius 3 is 2.94 bits per heavy atom. The molecule has 3 heterocycles. The zero-order chi connectivity index (χ0) is 22.2. The lowest BCUT2D eigenvalue weighted by molar-refractivity contribution is -0.115. The SMILES string of the molecule is COC[C@H](C)Oc1cc(NC(=O)Cc2ccc(C3=CCCN(C#N)C3)nc2)ncc1Cl. The first-order chi connectivity index (χ1) is 15.0. The predicted molar refractivity (Wildman–Crippen MR) is 118 cm³/mol. The molecule has 2 aromatic heterocycles. The first-order valence-electron chi connectivity index (χ1n) is 9.88. The van der Waals surface area contributed by atoms with Gasteiger partial charge >= 0.3 is 0 Å². The summed E-state index contributed by atoms with van der Waals surface area (Å²) < 4.78 is 10.8. The molecule has 2 aromatic rings. The summed E-state index contributed by atoms with van der Waals surface area (Å²) in [5, 5.41) is 12.2. The normalized spacial score (nSPS) is 14.4. The van der Waals surface area contributed by atoms with Crippen LogP contribution in [0.25, 0.3) is 5.57 Å². The van der Waals surface area contributed by atoms with Crippen molar-refractivity contribution in [1.29, 1.82) is 5.26 Å². The van der Waals surface area contributed by atoms with Crippen LogP contribution in [0.1, 0.15) is 24.6 Å². The molecule has 8 nitrogen and oxygen atoms in total. The second kappa shape index (κ2) is 10.8. The van der Waals surface area contributed by atoms with E-state index >= 15 is 0 Å². The standard InChI is InChI=1S/C22H24ClN5O3/c1-15(13-30-2)31-20-9-21(26-11-18(20)23)27-22(29)8-16-5-6-19(25-10-16)17-4-3-7-28(12-17)14-24/h4-6,9-11,15H,3,7-8,12-13H2,1-2H3,(H,26,27,29)/t15-/m0/s1. The maximum Gasteiger partial charge on any atom is 0.230 e. The molecule has 9 heteroatoms. The van der Waals surface area contributed by atoms with Crippen LogP contribution in [0.5, 0.6) is 5.75 Å². The summed E-state index contributed by atoms with van der Waals surface area (Å²) in [5.41, 5.74) is 2.61. The number of nitrogens with one attached hydrogen (secondary N) is 1. The van der Waals surface area contributed by atoms with Crippen LogP contribution in [-0.2, 0) is 16.0 Å². The summed E-state index contributed by atoms with van der Waals surface area (Å²) in [6.45, 7) is 3.55. The minimum Gasteiger partial charge on any atom is -0.487 e. The van der Waals surface area contributed by atoms with E-state index in [9.17, 15) is 4.79 Å². The maximum atomic E-state index is 12.4. The predicted octanol–water partition coefficient (Wildman–Crippen LogP) is 3.30. The van der Waals surface area contributed by atoms with Gasteiger partial charge in [-0.15, -0.1) is 0 Å². The summed E-state index contributed by atoms with van der Waals surface area (Å²) in [6.07, 6.45) is 8.15. The summed E-state index contributed by atoms with van der Waals surface area (Å²) in [4.78, 5) is 22.7. The number of methoxy groups -OCH3 is 1. The molecule has 1 atom stereocenters. The average molecular weight is 442 g/mol. The Balaban J connectivity index is 1.60. The smallest absolute Gasteiger partial charge is 0.230 e. The Labute approximate surface area is 186 Å². The molecule has 0 unspecified atom stereocenters. The largest absolute Gasteiger partial charge is 0.487 e. The highest BCUT2D eigenvalue weighted by Gasteiger charge is 2.14. The monoisotopic (exact) mass is 441 g/mol. The second-order valence-electron chi connectivity index (χ2n) is 7.20. The summed E-state index contributed by atoms with van der Waals surface area (Å²) in [7, 11) is 1.59. The van der Waals surface area contributed by atoms with Gasteiger partial charge in [0.1, 0.15) is 22.7 Å². The number of hydrogen-bond donors (Lipinski definition) is 1. The lowest BCUT2D eigenvalue weighted by atomic mass is 10.1. The molecule has 0 saturated heterocycles. The van der Waals surface area contributed by atoms with Gasteiger partial charge < -0.3 is 19.7 Å². The van der Waals surface area contributed by atoms with Crippen molar-refractivity contribution in [3.63, 3.8) is 0 Å². The zero-order valence-corrected chi connectivity index (χ0v) is 18.2. The molecule has 0 spiro atoms. The fourth-order valence-corrected chi connectivity index (χ4v) is 3.32. The number of carbonyl (C=O) groups excluding carboxylic acids is 1. The fourth-order valence-electron chi connectivity index (χ4n) is 3.17. The number of anilines is 1. The van der Waals surface area contributed by atoms with Crippen LogP contribution < -0.4 is 10.1 Å². The van der Waals surface area contributed by atoms with E-state index in [0.29, 0.717) is 29.7 Å². The summed E-state index contributed by atoms with van der Waals surface area (Å²) in [5.74, 6) is 0.546. The number of aromatic nitrogens is 2. The zero-order valence-electron chi connectivity index (χ0n) is 17.5. The number of rotatable bonds is 8. The van der Waals surface area contributed by atoms with E-state index in [1.165, 1.54) is 6.20 Å². The van der Waals surface area contributed by atoms with Crippen LogP contribution in [0, 0.1) is 11.5 Å². The molecule has 0 radical (unpaired) electrons. The van der Waals surface area contributed by atoms with Gasteiger partial charge in [-0.1, -0.05) is 23.7 Å². The van der Waals surface area contributed by atoms with E-state index in [1.54, 1.807) is 24.3 Å². The van der Waals surface area contributed by atoms with Crippen molar-refractivity contribution in [2.24, 2.45) is 0 Å². The quantitative estimate of drug-likeness (QED) is 0.627. The van der Waals surface area contributed by atoms with E-state index in [4.69, 9.17) is 26.3 Å². The minimum absolute atomic E-state index is 0.150. The van der Waals surface area contributed by atoms with Crippen molar-refractivity contribution in [1.82, 2.24) is 14.9 Å². The van der Waals surface area contributed by atoms with Gasteiger partial charge in [-0.3, -0.25) is 9.78 Å². The van der Waals surface area contributed by atoms with Gasteiger partial charge in [-0.2, -0.15) is 5.26 Å². The third-order valence-corrected chi connectivity index (χ3v) is 4.91. The third kappa shape index (κ3) is 6.41. The minimum atomic E-state index is -0.229. The summed E-state index contributed by atoms with van der Waals surface area (Å²) >= 11 is 6.13. The third-order valence-electron chi connectivity index (χ3n) is 4.63. The van der Waals surface area contributed by atoms with Crippen molar-refractivity contribution >= 4 is 28.9 Å². The average Bonchev–Trinajstić information content (AvgIpc) is 2.77. The highest BCUT2D eigenvalue weighted by Crippen LogP contribution is 2.27. The highest BCUT2D eigenvalue weighted by atomic mass is 35.5. The van der Waals surface area contributed by atoms with Crippen molar-refractivity contribution in [2.45, 2.75) is 25.9 Å². The van der Waals surface area contributed by atoms with Crippen molar-refractivity contribution in [3.8, 4) is 11.9 Å². The second-order valence-corrected chi connectivity index (χ2v) is 7.61. The molecule has 1 aliphatic rings. The number of carbonyl (C=O) groups is 1. The van der Waals surface area contributed by atoms with Gasteiger partial charge in [-0.25, -0.2) is 4.98 Å². The Kier molecular flexibility index (Phi) is 7.82. The van der Waals surface area contributed by atoms with E-state index in [-0.39, 0.29) is 18.4 Å². The van der Waals surface area contributed by atoms with Crippen LogP contribution in [0.3, 0.4) is 0 Å². The number of halogens is 1.